The van der Waals surface area contributed by atoms with Gasteiger partial charge in [-0.2, -0.15) is 0 Å². The van der Waals surface area contributed by atoms with Crippen LogP contribution in [-0.4, -0.2) is 23.0 Å². The predicted octanol–water partition coefficient (Wildman–Crippen LogP) is 0.295. The highest BCUT2D eigenvalue weighted by atomic mass is 35.5. The number of H-pyrrole nitrogens is 1. The molecule has 70 valence electrons. The van der Waals surface area contributed by atoms with Crippen molar-refractivity contribution in [2.45, 2.75) is 5.88 Å². The van der Waals surface area contributed by atoms with Gasteiger partial charge in [0.1, 0.15) is 11.4 Å². The Morgan fingerprint density at radius 2 is 2.46 bits per heavy atom. The number of carbonyl (C=O) groups is 1. The van der Waals surface area contributed by atoms with E-state index < -0.39 is 11.5 Å². The Morgan fingerprint density at radius 3 is 2.92 bits per heavy atom. The van der Waals surface area contributed by atoms with Gasteiger partial charge in [-0.15, -0.1) is 11.6 Å². The molecule has 0 bridgehead atoms. The van der Waals surface area contributed by atoms with Gasteiger partial charge in [0.2, 0.25) is 0 Å². The summed E-state index contributed by atoms with van der Waals surface area (Å²) in [5.41, 5.74) is -0.672. The maximum absolute atomic E-state index is 11.1. The third kappa shape index (κ3) is 2.06. The fourth-order valence-electron chi connectivity index (χ4n) is 0.755. The van der Waals surface area contributed by atoms with Crippen LogP contribution in [0.15, 0.2) is 11.0 Å². The molecule has 0 saturated heterocycles. The maximum Gasteiger partial charge on any atom is 0.345 e. The van der Waals surface area contributed by atoms with Crippen molar-refractivity contribution in [3.05, 3.63) is 27.9 Å². The molecule has 1 heterocycles. The van der Waals surface area contributed by atoms with E-state index in [0.29, 0.717) is 5.82 Å². The van der Waals surface area contributed by atoms with E-state index in [9.17, 15) is 9.59 Å². The van der Waals surface area contributed by atoms with Gasteiger partial charge in [0.15, 0.2) is 0 Å². The van der Waals surface area contributed by atoms with Crippen LogP contribution in [0.5, 0.6) is 0 Å². The number of alkyl halides is 1. The first kappa shape index (κ1) is 9.73. The molecule has 6 heteroatoms. The maximum atomic E-state index is 11.1. The van der Waals surface area contributed by atoms with Crippen molar-refractivity contribution in [1.82, 2.24) is 9.97 Å². The number of nitrogens with one attached hydrogen (secondary N) is 1. The molecule has 1 aromatic heterocycles. The topological polar surface area (TPSA) is 72.0 Å². The van der Waals surface area contributed by atoms with E-state index in [1.165, 1.54) is 7.11 Å². The Bertz CT molecular complexity index is 374. The van der Waals surface area contributed by atoms with Crippen LogP contribution in [0.1, 0.15) is 16.2 Å². The Morgan fingerprint density at radius 1 is 1.77 bits per heavy atom. The SMILES string of the molecule is COC(=O)c1cnc(CCl)[nH]c1=O. The monoisotopic (exact) mass is 202 g/mol. The summed E-state index contributed by atoms with van der Waals surface area (Å²) in [6.45, 7) is 0. The van der Waals surface area contributed by atoms with Crippen molar-refractivity contribution in [2.75, 3.05) is 7.11 Å². The molecule has 13 heavy (non-hydrogen) atoms. The van der Waals surface area contributed by atoms with E-state index >= 15 is 0 Å². The van der Waals surface area contributed by atoms with E-state index in [1.807, 2.05) is 0 Å². The van der Waals surface area contributed by atoms with Crippen molar-refractivity contribution in [1.29, 1.82) is 0 Å². The molecule has 0 atom stereocenters. The van der Waals surface area contributed by atoms with Crippen molar-refractivity contribution in [3.8, 4) is 0 Å². The minimum absolute atomic E-state index is 0.0939. The number of aromatic nitrogens is 2. The fourth-order valence-corrected chi connectivity index (χ4v) is 0.891. The van der Waals surface area contributed by atoms with Gasteiger partial charge < -0.3 is 9.72 Å². The normalized spacial score (nSPS) is 9.69. The standard InChI is InChI=1S/C7H7ClN2O3/c1-13-7(12)4-3-9-5(2-8)10-6(4)11/h3H,2H2,1H3,(H,9,10,11). The number of esters is 1. The highest BCUT2D eigenvalue weighted by Crippen LogP contribution is 1.95. The third-order valence-corrected chi connectivity index (χ3v) is 1.64. The van der Waals surface area contributed by atoms with Crippen LogP contribution in [0, 0.1) is 0 Å². The lowest BCUT2D eigenvalue weighted by Crippen LogP contribution is -2.20. The van der Waals surface area contributed by atoms with Gasteiger partial charge >= 0.3 is 5.97 Å². The molecular formula is C7H7ClN2O3. The van der Waals surface area contributed by atoms with Crippen LogP contribution in [0.2, 0.25) is 0 Å². The number of rotatable bonds is 2. The summed E-state index contributed by atoms with van der Waals surface area (Å²) < 4.78 is 4.36. The van der Waals surface area contributed by atoms with E-state index in [0.717, 1.165) is 6.20 Å². The minimum Gasteiger partial charge on any atom is -0.465 e. The zero-order chi connectivity index (χ0) is 9.84. The summed E-state index contributed by atoms with van der Waals surface area (Å²) in [5, 5.41) is 0. The number of nitrogens with zero attached hydrogens (tertiary/aromatic N) is 1. The quantitative estimate of drug-likeness (QED) is 0.553. The van der Waals surface area contributed by atoms with Crippen molar-refractivity contribution in [2.24, 2.45) is 0 Å². The third-order valence-electron chi connectivity index (χ3n) is 1.38. The molecular weight excluding hydrogens is 196 g/mol. The molecule has 0 fully saturated rings. The first-order valence-electron chi connectivity index (χ1n) is 3.41. The van der Waals surface area contributed by atoms with Gasteiger partial charge in [0.05, 0.1) is 13.0 Å². The lowest BCUT2D eigenvalue weighted by Gasteiger charge is -1.98. The zero-order valence-corrected chi connectivity index (χ0v) is 7.59. The molecule has 1 aromatic rings. The van der Waals surface area contributed by atoms with Gasteiger partial charge in [0.25, 0.3) is 5.56 Å². The largest absolute Gasteiger partial charge is 0.465 e. The number of halogens is 1. The lowest BCUT2D eigenvalue weighted by atomic mass is 10.3. The van der Waals surface area contributed by atoms with E-state index in [4.69, 9.17) is 11.6 Å². The smallest absolute Gasteiger partial charge is 0.345 e. The van der Waals surface area contributed by atoms with Gasteiger partial charge in [0, 0.05) is 6.20 Å². The Hall–Kier alpha value is -1.36. The molecule has 0 radical (unpaired) electrons. The van der Waals surface area contributed by atoms with Crippen LogP contribution >= 0.6 is 11.6 Å². The molecule has 0 aliphatic carbocycles. The van der Waals surface area contributed by atoms with Crippen LogP contribution in [0.4, 0.5) is 0 Å². The average molecular weight is 203 g/mol. The molecule has 5 nitrogen and oxygen atoms in total. The molecule has 0 spiro atoms. The Labute approximate surface area is 78.7 Å². The number of methoxy groups -OCH3 is 1. The van der Waals surface area contributed by atoms with Gasteiger partial charge in [-0.25, -0.2) is 9.78 Å². The van der Waals surface area contributed by atoms with Gasteiger partial charge in [-0.1, -0.05) is 0 Å². The van der Waals surface area contributed by atoms with Crippen molar-refractivity contribution >= 4 is 17.6 Å². The summed E-state index contributed by atoms with van der Waals surface area (Å²) in [5.74, 6) is -0.300. The van der Waals surface area contributed by atoms with Crippen LogP contribution in [0.25, 0.3) is 0 Å². The zero-order valence-electron chi connectivity index (χ0n) is 6.83. The number of carbonyl (C=O) groups excluding carboxylic acids is 1. The number of ether oxygens (including phenoxy) is 1. The second-order valence-electron chi connectivity index (χ2n) is 2.20. The minimum atomic E-state index is -0.713. The van der Waals surface area contributed by atoms with E-state index in [2.05, 4.69) is 14.7 Å². The Kier molecular flexibility index (Phi) is 3.02. The molecule has 1 N–H and O–H groups in total. The van der Waals surface area contributed by atoms with Crippen molar-refractivity contribution in [3.63, 3.8) is 0 Å². The first-order chi connectivity index (χ1) is 6.19. The van der Waals surface area contributed by atoms with Crippen LogP contribution in [-0.2, 0) is 10.6 Å². The average Bonchev–Trinajstić information content (AvgIpc) is 2.16. The van der Waals surface area contributed by atoms with E-state index in [-0.39, 0.29) is 11.4 Å². The summed E-state index contributed by atoms with van der Waals surface area (Å²) in [4.78, 5) is 28.1. The Balaban J connectivity index is 3.13. The highest BCUT2D eigenvalue weighted by Gasteiger charge is 2.10. The number of hydrogen-bond acceptors (Lipinski definition) is 4. The molecule has 0 aliphatic rings. The van der Waals surface area contributed by atoms with Gasteiger partial charge in [-0.3, -0.25) is 4.79 Å². The van der Waals surface area contributed by atoms with Crippen LogP contribution < -0.4 is 5.56 Å². The lowest BCUT2D eigenvalue weighted by molar-refractivity contribution is 0.0598. The summed E-state index contributed by atoms with van der Waals surface area (Å²) >= 11 is 5.42. The second kappa shape index (κ2) is 4.04. The van der Waals surface area contributed by atoms with E-state index in [1.54, 1.807) is 0 Å². The molecule has 0 unspecified atom stereocenters. The summed E-state index contributed by atoms with van der Waals surface area (Å²) in [6, 6.07) is 0. The number of aromatic amines is 1. The molecule has 1 rings (SSSR count). The number of hydrogen-bond donors (Lipinski definition) is 1. The highest BCUT2D eigenvalue weighted by molar-refractivity contribution is 6.16. The molecule has 0 aliphatic heterocycles. The van der Waals surface area contributed by atoms with Gasteiger partial charge in [-0.05, 0) is 0 Å². The first-order valence-corrected chi connectivity index (χ1v) is 3.95. The van der Waals surface area contributed by atoms with Crippen molar-refractivity contribution < 1.29 is 9.53 Å². The predicted molar refractivity (Wildman–Crippen MR) is 45.8 cm³/mol. The van der Waals surface area contributed by atoms with Crippen LogP contribution in [0.3, 0.4) is 0 Å². The summed E-state index contributed by atoms with van der Waals surface area (Å²) in [7, 11) is 1.19. The fraction of sp³-hybridized carbons (Fsp3) is 0.286. The summed E-state index contributed by atoms with van der Waals surface area (Å²) in [6.07, 6.45) is 1.14. The molecule has 0 saturated carbocycles. The molecule has 0 aromatic carbocycles. The molecule has 0 amide bonds. The second-order valence-corrected chi connectivity index (χ2v) is 2.47.